The average molecular weight is 221 g/mol. The second-order valence-electron chi connectivity index (χ2n) is 4.15. The number of aryl methyl sites for hydroxylation is 2. The van der Waals surface area contributed by atoms with E-state index >= 15 is 0 Å². The molecule has 0 radical (unpaired) electrons. The summed E-state index contributed by atoms with van der Waals surface area (Å²) >= 11 is 0. The zero-order valence-corrected chi connectivity index (χ0v) is 10.3. The molecule has 1 atom stereocenters. The molecule has 3 nitrogen and oxygen atoms in total. The highest BCUT2D eigenvalue weighted by atomic mass is 16.5. The topological polar surface area (TPSA) is 52.3 Å². The third-order valence-corrected chi connectivity index (χ3v) is 2.72. The Bertz CT molecular complexity index is 399. The normalized spacial score (nSPS) is 12.2. The Morgan fingerprint density at radius 3 is 2.56 bits per heavy atom. The van der Waals surface area contributed by atoms with Crippen LogP contribution in [0.25, 0.3) is 0 Å². The molecule has 0 aliphatic carbocycles. The van der Waals surface area contributed by atoms with Gasteiger partial charge in [0.05, 0.1) is 11.7 Å². The van der Waals surface area contributed by atoms with Gasteiger partial charge in [-0.25, -0.2) is 4.79 Å². The van der Waals surface area contributed by atoms with Crippen LogP contribution in [0.3, 0.4) is 0 Å². The molecule has 3 heteroatoms. The molecule has 0 saturated carbocycles. The summed E-state index contributed by atoms with van der Waals surface area (Å²) in [5.74, 6) is -0.293. The minimum Gasteiger partial charge on any atom is -0.459 e. The molecule has 88 valence electrons. The first kappa shape index (κ1) is 12.6. The minimum atomic E-state index is -0.293. The van der Waals surface area contributed by atoms with Gasteiger partial charge in [-0.15, -0.1) is 0 Å². The number of esters is 1. The SMILES string of the molecule is CCC(C)OC(=O)c1cc(N)c(C)cc1C. The van der Waals surface area contributed by atoms with E-state index in [4.69, 9.17) is 10.5 Å². The van der Waals surface area contributed by atoms with E-state index in [2.05, 4.69) is 0 Å². The van der Waals surface area contributed by atoms with Crippen molar-refractivity contribution in [2.45, 2.75) is 40.2 Å². The van der Waals surface area contributed by atoms with E-state index in [1.54, 1.807) is 6.07 Å². The lowest BCUT2D eigenvalue weighted by molar-refractivity contribution is 0.0334. The standard InChI is InChI=1S/C13H19NO2/c1-5-10(4)16-13(15)11-7-12(14)9(3)6-8(11)2/h6-7,10H,5,14H2,1-4H3. The fourth-order valence-corrected chi connectivity index (χ4v) is 1.42. The maximum absolute atomic E-state index is 11.8. The zero-order valence-electron chi connectivity index (χ0n) is 10.3. The van der Waals surface area contributed by atoms with Crippen molar-refractivity contribution < 1.29 is 9.53 Å². The van der Waals surface area contributed by atoms with Crippen LogP contribution in [0, 0.1) is 13.8 Å². The molecular formula is C13H19NO2. The van der Waals surface area contributed by atoms with Crippen molar-refractivity contribution in [1.82, 2.24) is 0 Å². The number of carbonyl (C=O) groups excluding carboxylic acids is 1. The molecule has 1 aromatic rings. The number of nitrogens with two attached hydrogens (primary N) is 1. The van der Waals surface area contributed by atoms with Crippen LogP contribution in [-0.4, -0.2) is 12.1 Å². The Kier molecular flexibility index (Phi) is 3.93. The van der Waals surface area contributed by atoms with Crippen LogP contribution in [0.5, 0.6) is 0 Å². The van der Waals surface area contributed by atoms with Crippen molar-refractivity contribution in [3.63, 3.8) is 0 Å². The number of rotatable bonds is 3. The summed E-state index contributed by atoms with van der Waals surface area (Å²) in [5, 5.41) is 0. The first-order chi connectivity index (χ1) is 7.45. The van der Waals surface area contributed by atoms with E-state index in [-0.39, 0.29) is 12.1 Å². The van der Waals surface area contributed by atoms with Crippen molar-refractivity contribution in [2.75, 3.05) is 5.73 Å². The van der Waals surface area contributed by atoms with Crippen molar-refractivity contribution in [1.29, 1.82) is 0 Å². The molecule has 0 aliphatic rings. The summed E-state index contributed by atoms with van der Waals surface area (Å²) in [7, 11) is 0. The number of hydrogen-bond donors (Lipinski definition) is 1. The molecule has 0 aromatic heterocycles. The van der Waals surface area contributed by atoms with E-state index in [9.17, 15) is 4.79 Å². The lowest BCUT2D eigenvalue weighted by Gasteiger charge is -2.13. The second kappa shape index (κ2) is 5.01. The van der Waals surface area contributed by atoms with Crippen molar-refractivity contribution in [3.05, 3.63) is 28.8 Å². The molecular weight excluding hydrogens is 202 g/mol. The van der Waals surface area contributed by atoms with Crippen LogP contribution in [0.2, 0.25) is 0 Å². The van der Waals surface area contributed by atoms with Crippen molar-refractivity contribution in [2.24, 2.45) is 0 Å². The van der Waals surface area contributed by atoms with Gasteiger partial charge in [0.15, 0.2) is 0 Å². The first-order valence-corrected chi connectivity index (χ1v) is 5.53. The van der Waals surface area contributed by atoms with Gasteiger partial charge in [-0.1, -0.05) is 13.0 Å². The van der Waals surface area contributed by atoms with E-state index in [0.29, 0.717) is 11.3 Å². The fraction of sp³-hybridized carbons (Fsp3) is 0.462. The highest BCUT2D eigenvalue weighted by Gasteiger charge is 2.14. The van der Waals surface area contributed by atoms with Gasteiger partial charge in [-0.05, 0) is 44.4 Å². The molecule has 16 heavy (non-hydrogen) atoms. The summed E-state index contributed by atoms with van der Waals surface area (Å²) in [6.45, 7) is 7.67. The third-order valence-electron chi connectivity index (χ3n) is 2.72. The molecule has 1 aromatic carbocycles. The molecule has 0 bridgehead atoms. The van der Waals surface area contributed by atoms with Gasteiger partial charge in [-0.2, -0.15) is 0 Å². The molecule has 1 unspecified atom stereocenters. The van der Waals surface area contributed by atoms with Gasteiger partial charge in [-0.3, -0.25) is 0 Å². The largest absolute Gasteiger partial charge is 0.459 e. The van der Waals surface area contributed by atoms with Gasteiger partial charge < -0.3 is 10.5 Å². The number of hydrogen-bond acceptors (Lipinski definition) is 3. The Morgan fingerprint density at radius 2 is 2.00 bits per heavy atom. The van der Waals surface area contributed by atoms with Gasteiger partial charge in [0, 0.05) is 5.69 Å². The van der Waals surface area contributed by atoms with Gasteiger partial charge in [0.2, 0.25) is 0 Å². The highest BCUT2D eigenvalue weighted by Crippen LogP contribution is 2.19. The molecule has 2 N–H and O–H groups in total. The Balaban J connectivity index is 2.96. The van der Waals surface area contributed by atoms with E-state index < -0.39 is 0 Å². The predicted octanol–water partition coefficient (Wildman–Crippen LogP) is 2.84. The Hall–Kier alpha value is -1.51. The van der Waals surface area contributed by atoms with E-state index in [1.807, 2.05) is 33.8 Å². The van der Waals surface area contributed by atoms with E-state index in [1.165, 1.54) is 0 Å². The summed E-state index contributed by atoms with van der Waals surface area (Å²) in [5.41, 5.74) is 8.85. The van der Waals surface area contributed by atoms with Crippen LogP contribution in [0.15, 0.2) is 12.1 Å². The Labute approximate surface area is 96.6 Å². The number of ether oxygens (including phenoxy) is 1. The number of benzene rings is 1. The lowest BCUT2D eigenvalue weighted by atomic mass is 10.0. The molecule has 1 rings (SSSR count). The van der Waals surface area contributed by atoms with Crippen LogP contribution >= 0.6 is 0 Å². The second-order valence-corrected chi connectivity index (χ2v) is 4.15. The third kappa shape index (κ3) is 2.75. The molecule has 0 saturated heterocycles. The predicted molar refractivity (Wildman–Crippen MR) is 65.5 cm³/mol. The summed E-state index contributed by atoms with van der Waals surface area (Å²) in [6, 6.07) is 3.60. The molecule has 0 amide bonds. The molecule has 0 spiro atoms. The van der Waals surface area contributed by atoms with Crippen LogP contribution < -0.4 is 5.73 Å². The van der Waals surface area contributed by atoms with Crippen LogP contribution in [0.1, 0.15) is 41.8 Å². The lowest BCUT2D eigenvalue weighted by Crippen LogP contribution is -2.15. The van der Waals surface area contributed by atoms with Crippen LogP contribution in [-0.2, 0) is 4.74 Å². The fourth-order valence-electron chi connectivity index (χ4n) is 1.42. The van der Waals surface area contributed by atoms with Crippen molar-refractivity contribution >= 4 is 11.7 Å². The summed E-state index contributed by atoms with van der Waals surface area (Å²) in [4.78, 5) is 11.8. The monoisotopic (exact) mass is 221 g/mol. The number of nitrogen functional groups attached to an aromatic ring is 1. The van der Waals surface area contributed by atoms with Crippen molar-refractivity contribution in [3.8, 4) is 0 Å². The van der Waals surface area contributed by atoms with Gasteiger partial charge >= 0.3 is 5.97 Å². The maximum Gasteiger partial charge on any atom is 0.338 e. The van der Waals surface area contributed by atoms with E-state index in [0.717, 1.165) is 17.5 Å². The molecule has 0 heterocycles. The van der Waals surface area contributed by atoms with Crippen LogP contribution in [0.4, 0.5) is 5.69 Å². The zero-order chi connectivity index (χ0) is 12.3. The average Bonchev–Trinajstić information content (AvgIpc) is 2.23. The maximum atomic E-state index is 11.8. The smallest absolute Gasteiger partial charge is 0.338 e. The molecule has 0 aliphatic heterocycles. The minimum absolute atomic E-state index is 0.0607. The first-order valence-electron chi connectivity index (χ1n) is 5.53. The number of carbonyl (C=O) groups is 1. The number of anilines is 1. The molecule has 0 fully saturated rings. The highest BCUT2D eigenvalue weighted by molar-refractivity contribution is 5.92. The quantitative estimate of drug-likeness (QED) is 0.630. The summed E-state index contributed by atoms with van der Waals surface area (Å²) < 4.78 is 5.27. The van der Waals surface area contributed by atoms with Gasteiger partial charge in [0.1, 0.15) is 0 Å². The Morgan fingerprint density at radius 1 is 1.38 bits per heavy atom. The van der Waals surface area contributed by atoms with Gasteiger partial charge in [0.25, 0.3) is 0 Å². The summed E-state index contributed by atoms with van der Waals surface area (Å²) in [6.07, 6.45) is 0.751.